The number of nitrogens with zero attached hydrogens (tertiary/aromatic N) is 2. The summed E-state index contributed by atoms with van der Waals surface area (Å²) in [6, 6.07) is 5.87. The van der Waals surface area contributed by atoms with Gasteiger partial charge in [0.05, 0.1) is 17.6 Å². The van der Waals surface area contributed by atoms with E-state index in [9.17, 15) is 5.11 Å². The Bertz CT molecular complexity index is 597. The number of rotatable bonds is 3. The monoisotopic (exact) mass is 259 g/mol. The number of aromatic nitrogens is 2. The molecule has 0 amide bonds. The van der Waals surface area contributed by atoms with Crippen LogP contribution in [-0.4, -0.2) is 21.3 Å². The third kappa shape index (κ3) is 2.10. The second-order valence-corrected chi connectivity index (χ2v) is 5.86. The number of benzene rings is 1. The summed E-state index contributed by atoms with van der Waals surface area (Å²) in [6.45, 7) is 3.15. The molecule has 0 radical (unpaired) electrons. The van der Waals surface area contributed by atoms with Crippen molar-refractivity contribution < 1.29 is 5.11 Å². The minimum atomic E-state index is 0.0414. The third-order valence-corrected chi connectivity index (χ3v) is 4.46. The maximum atomic E-state index is 9.77. The number of hydrogen-bond donors (Lipinski definition) is 2. The Morgan fingerprint density at radius 3 is 2.79 bits per heavy atom. The van der Waals surface area contributed by atoms with Crippen molar-refractivity contribution in [1.82, 2.24) is 9.55 Å². The summed E-state index contributed by atoms with van der Waals surface area (Å²) in [5.41, 5.74) is 8.66. The standard InChI is InChI=1S/C15H21N3O/c1-11-17-13-8-12(16)4-5-14(13)18(11)9-15(10-19)6-2-3-7-15/h4-5,8,19H,2-3,6-7,9-10,16H2,1H3. The van der Waals surface area contributed by atoms with Crippen molar-refractivity contribution in [3.63, 3.8) is 0 Å². The molecule has 19 heavy (non-hydrogen) atoms. The number of fused-ring (bicyclic) bond motifs is 1. The third-order valence-electron chi connectivity index (χ3n) is 4.46. The molecule has 0 spiro atoms. The Morgan fingerprint density at radius 2 is 2.11 bits per heavy atom. The van der Waals surface area contributed by atoms with E-state index in [-0.39, 0.29) is 12.0 Å². The van der Waals surface area contributed by atoms with Crippen LogP contribution in [-0.2, 0) is 6.54 Å². The first-order valence-corrected chi connectivity index (χ1v) is 6.97. The molecule has 4 heteroatoms. The topological polar surface area (TPSA) is 64.1 Å². The van der Waals surface area contributed by atoms with Crippen LogP contribution in [0.2, 0.25) is 0 Å². The molecule has 1 heterocycles. The molecular formula is C15H21N3O. The fraction of sp³-hybridized carbons (Fsp3) is 0.533. The molecule has 0 bridgehead atoms. The fourth-order valence-corrected chi connectivity index (χ4v) is 3.29. The number of imidazole rings is 1. The normalized spacial score (nSPS) is 18.2. The molecule has 3 N–H and O–H groups in total. The van der Waals surface area contributed by atoms with Crippen LogP contribution in [0, 0.1) is 12.3 Å². The van der Waals surface area contributed by atoms with Crippen molar-refractivity contribution in [2.45, 2.75) is 39.2 Å². The SMILES string of the molecule is Cc1nc2cc(N)ccc2n1CC1(CO)CCCC1. The largest absolute Gasteiger partial charge is 0.399 e. The van der Waals surface area contributed by atoms with Gasteiger partial charge in [-0.3, -0.25) is 0 Å². The highest BCUT2D eigenvalue weighted by Crippen LogP contribution is 2.40. The summed E-state index contributed by atoms with van der Waals surface area (Å²) in [5.74, 6) is 1.00. The van der Waals surface area contributed by atoms with Crippen LogP contribution in [0.5, 0.6) is 0 Å². The second kappa shape index (κ2) is 4.53. The lowest BCUT2D eigenvalue weighted by Gasteiger charge is -2.27. The average Bonchev–Trinajstić information content (AvgIpc) is 2.96. The predicted octanol–water partition coefficient (Wildman–Crippen LogP) is 2.48. The summed E-state index contributed by atoms with van der Waals surface area (Å²) in [4.78, 5) is 4.58. The molecule has 1 saturated carbocycles. The van der Waals surface area contributed by atoms with Gasteiger partial charge in [0.2, 0.25) is 0 Å². The molecule has 4 nitrogen and oxygen atoms in total. The van der Waals surface area contributed by atoms with Crippen LogP contribution in [0.1, 0.15) is 31.5 Å². The van der Waals surface area contributed by atoms with Crippen molar-refractivity contribution in [1.29, 1.82) is 0 Å². The Hall–Kier alpha value is -1.55. The summed E-state index contributed by atoms with van der Waals surface area (Å²) in [5, 5.41) is 9.77. The van der Waals surface area contributed by atoms with E-state index in [1.54, 1.807) is 0 Å². The van der Waals surface area contributed by atoms with Crippen LogP contribution in [0.4, 0.5) is 5.69 Å². The molecule has 1 aromatic carbocycles. The van der Waals surface area contributed by atoms with Gasteiger partial charge < -0.3 is 15.4 Å². The summed E-state index contributed by atoms with van der Waals surface area (Å²) in [6.07, 6.45) is 4.66. The van der Waals surface area contributed by atoms with E-state index in [2.05, 4.69) is 9.55 Å². The van der Waals surface area contributed by atoms with E-state index in [1.807, 2.05) is 25.1 Å². The van der Waals surface area contributed by atoms with E-state index in [4.69, 9.17) is 5.73 Å². The number of nitrogen functional groups attached to an aromatic ring is 1. The second-order valence-electron chi connectivity index (χ2n) is 5.86. The van der Waals surface area contributed by atoms with Gasteiger partial charge in [-0.05, 0) is 38.0 Å². The highest BCUT2D eigenvalue weighted by Gasteiger charge is 2.34. The smallest absolute Gasteiger partial charge is 0.106 e. The molecule has 0 saturated heterocycles. The van der Waals surface area contributed by atoms with E-state index in [1.165, 1.54) is 12.8 Å². The van der Waals surface area contributed by atoms with Gasteiger partial charge in [0.15, 0.2) is 0 Å². The zero-order chi connectivity index (χ0) is 13.5. The summed E-state index contributed by atoms with van der Waals surface area (Å²) < 4.78 is 2.23. The van der Waals surface area contributed by atoms with Gasteiger partial charge in [-0.1, -0.05) is 12.8 Å². The predicted molar refractivity (Wildman–Crippen MR) is 76.9 cm³/mol. The maximum Gasteiger partial charge on any atom is 0.106 e. The van der Waals surface area contributed by atoms with Gasteiger partial charge in [-0.15, -0.1) is 0 Å². The van der Waals surface area contributed by atoms with Crippen LogP contribution in [0.25, 0.3) is 11.0 Å². The Labute approximate surface area is 113 Å². The lowest BCUT2D eigenvalue weighted by atomic mass is 9.87. The maximum absolute atomic E-state index is 9.77. The molecule has 0 unspecified atom stereocenters. The van der Waals surface area contributed by atoms with Crippen molar-refractivity contribution in [3.05, 3.63) is 24.0 Å². The number of nitrogens with two attached hydrogens (primary N) is 1. The van der Waals surface area contributed by atoms with Crippen molar-refractivity contribution in [3.8, 4) is 0 Å². The molecule has 1 fully saturated rings. The van der Waals surface area contributed by atoms with Crippen LogP contribution >= 0.6 is 0 Å². The Balaban J connectivity index is 2.02. The zero-order valence-corrected chi connectivity index (χ0v) is 11.4. The van der Waals surface area contributed by atoms with E-state index >= 15 is 0 Å². The van der Waals surface area contributed by atoms with E-state index in [0.717, 1.165) is 41.9 Å². The zero-order valence-electron chi connectivity index (χ0n) is 11.4. The molecule has 1 aliphatic rings. The lowest BCUT2D eigenvalue weighted by Crippen LogP contribution is -2.28. The van der Waals surface area contributed by atoms with E-state index in [0.29, 0.717) is 0 Å². The number of anilines is 1. The molecule has 0 atom stereocenters. The molecule has 3 rings (SSSR count). The lowest BCUT2D eigenvalue weighted by molar-refractivity contribution is 0.112. The van der Waals surface area contributed by atoms with Crippen molar-refractivity contribution in [2.24, 2.45) is 5.41 Å². The van der Waals surface area contributed by atoms with Crippen molar-refractivity contribution >= 4 is 16.7 Å². The van der Waals surface area contributed by atoms with Gasteiger partial charge >= 0.3 is 0 Å². The van der Waals surface area contributed by atoms with Crippen molar-refractivity contribution in [2.75, 3.05) is 12.3 Å². The summed E-state index contributed by atoms with van der Waals surface area (Å²) >= 11 is 0. The first kappa shape index (κ1) is 12.5. The van der Waals surface area contributed by atoms with Gasteiger partial charge in [0.25, 0.3) is 0 Å². The van der Waals surface area contributed by atoms with Gasteiger partial charge in [0, 0.05) is 17.6 Å². The molecule has 0 aliphatic heterocycles. The highest BCUT2D eigenvalue weighted by atomic mass is 16.3. The van der Waals surface area contributed by atoms with Crippen LogP contribution < -0.4 is 5.73 Å². The number of aliphatic hydroxyl groups excluding tert-OH is 1. The number of aryl methyl sites for hydroxylation is 1. The average molecular weight is 259 g/mol. The Kier molecular flexibility index (Phi) is 2.97. The van der Waals surface area contributed by atoms with Crippen LogP contribution in [0.3, 0.4) is 0 Å². The molecule has 1 aromatic heterocycles. The van der Waals surface area contributed by atoms with Crippen LogP contribution in [0.15, 0.2) is 18.2 Å². The minimum Gasteiger partial charge on any atom is -0.399 e. The minimum absolute atomic E-state index is 0.0414. The first-order chi connectivity index (χ1) is 9.13. The number of hydrogen-bond acceptors (Lipinski definition) is 3. The van der Waals surface area contributed by atoms with Gasteiger partial charge in [0.1, 0.15) is 5.82 Å². The summed E-state index contributed by atoms with van der Waals surface area (Å²) in [7, 11) is 0. The Morgan fingerprint density at radius 1 is 1.37 bits per heavy atom. The first-order valence-electron chi connectivity index (χ1n) is 6.97. The molecule has 1 aliphatic carbocycles. The number of aliphatic hydroxyl groups is 1. The van der Waals surface area contributed by atoms with Gasteiger partial charge in [-0.25, -0.2) is 4.98 Å². The van der Waals surface area contributed by atoms with Gasteiger partial charge in [-0.2, -0.15) is 0 Å². The molecule has 102 valence electrons. The quantitative estimate of drug-likeness (QED) is 0.832. The fourth-order valence-electron chi connectivity index (χ4n) is 3.29. The molecule has 2 aromatic rings. The molecular weight excluding hydrogens is 238 g/mol. The van der Waals surface area contributed by atoms with E-state index < -0.39 is 0 Å². The highest BCUT2D eigenvalue weighted by molar-refractivity contribution is 5.79.